The fraction of sp³-hybridized carbons (Fsp3) is 0.300. The Bertz CT molecular complexity index is 1020. The SMILES string of the molecule is COC(=O)c1ccc(NC(=O)C(C)N(c2cc(OC)ccc2OC)S(C)(=O)=O)cc1. The minimum atomic E-state index is -3.86. The van der Waals surface area contributed by atoms with E-state index in [9.17, 15) is 18.0 Å². The third kappa shape index (κ3) is 5.20. The summed E-state index contributed by atoms with van der Waals surface area (Å²) in [5.74, 6) is -0.403. The molecule has 9 nitrogen and oxygen atoms in total. The monoisotopic (exact) mass is 436 g/mol. The third-order valence-corrected chi connectivity index (χ3v) is 5.51. The van der Waals surface area contributed by atoms with E-state index >= 15 is 0 Å². The molecular weight excluding hydrogens is 412 g/mol. The summed E-state index contributed by atoms with van der Waals surface area (Å²) in [7, 11) is 0.264. The number of carbonyl (C=O) groups excluding carboxylic acids is 2. The van der Waals surface area contributed by atoms with Crippen LogP contribution < -0.4 is 19.1 Å². The summed E-state index contributed by atoms with van der Waals surface area (Å²) in [5, 5.41) is 2.65. The van der Waals surface area contributed by atoms with Crippen molar-refractivity contribution in [1.29, 1.82) is 0 Å². The lowest BCUT2D eigenvalue weighted by atomic mass is 10.2. The molecule has 1 N–H and O–H groups in total. The van der Waals surface area contributed by atoms with Gasteiger partial charge in [0.1, 0.15) is 17.5 Å². The number of amides is 1. The lowest BCUT2D eigenvalue weighted by molar-refractivity contribution is -0.116. The van der Waals surface area contributed by atoms with Crippen LogP contribution in [0.4, 0.5) is 11.4 Å². The van der Waals surface area contributed by atoms with Crippen LogP contribution in [0.15, 0.2) is 42.5 Å². The number of benzene rings is 2. The van der Waals surface area contributed by atoms with Gasteiger partial charge < -0.3 is 19.5 Å². The second-order valence-corrected chi connectivity index (χ2v) is 8.19. The Morgan fingerprint density at radius 2 is 1.63 bits per heavy atom. The van der Waals surface area contributed by atoms with E-state index in [2.05, 4.69) is 10.1 Å². The van der Waals surface area contributed by atoms with Gasteiger partial charge in [0, 0.05) is 11.8 Å². The molecular formula is C20H24N2O7S. The molecule has 0 saturated heterocycles. The average Bonchev–Trinajstić information content (AvgIpc) is 2.72. The molecule has 162 valence electrons. The standard InChI is InChI=1S/C20H24N2O7S/c1-13(19(23)21-15-8-6-14(7-9-15)20(24)29-4)22(30(5,25)26)17-12-16(27-2)10-11-18(17)28-3/h6-13H,1-5H3,(H,21,23). The Morgan fingerprint density at radius 1 is 1.00 bits per heavy atom. The van der Waals surface area contributed by atoms with Crippen LogP contribution in [0.3, 0.4) is 0 Å². The fourth-order valence-electron chi connectivity index (χ4n) is 2.80. The van der Waals surface area contributed by atoms with Gasteiger partial charge in [-0.2, -0.15) is 0 Å². The normalized spacial score (nSPS) is 11.9. The van der Waals surface area contributed by atoms with E-state index in [1.54, 1.807) is 12.1 Å². The van der Waals surface area contributed by atoms with Crippen molar-refractivity contribution >= 4 is 33.3 Å². The quantitative estimate of drug-likeness (QED) is 0.632. The van der Waals surface area contributed by atoms with Gasteiger partial charge in [0.05, 0.1) is 38.8 Å². The maximum Gasteiger partial charge on any atom is 0.337 e. The molecule has 0 bridgehead atoms. The minimum Gasteiger partial charge on any atom is -0.497 e. The molecule has 1 unspecified atom stereocenters. The van der Waals surface area contributed by atoms with Crippen LogP contribution in [-0.4, -0.2) is 53.9 Å². The largest absolute Gasteiger partial charge is 0.497 e. The van der Waals surface area contributed by atoms with Crippen molar-refractivity contribution in [2.75, 3.05) is 37.2 Å². The highest BCUT2D eigenvalue weighted by atomic mass is 32.2. The number of methoxy groups -OCH3 is 3. The van der Waals surface area contributed by atoms with Crippen LogP contribution in [0.1, 0.15) is 17.3 Å². The van der Waals surface area contributed by atoms with Crippen LogP contribution >= 0.6 is 0 Å². The number of rotatable bonds is 8. The maximum absolute atomic E-state index is 12.8. The van der Waals surface area contributed by atoms with Gasteiger partial charge in [0.2, 0.25) is 15.9 Å². The zero-order valence-corrected chi connectivity index (χ0v) is 18.1. The Balaban J connectivity index is 2.35. The van der Waals surface area contributed by atoms with Crippen LogP contribution in [0.5, 0.6) is 11.5 Å². The number of carbonyl (C=O) groups is 2. The molecule has 0 aliphatic rings. The van der Waals surface area contributed by atoms with Crippen molar-refractivity contribution in [2.45, 2.75) is 13.0 Å². The van der Waals surface area contributed by atoms with Gasteiger partial charge in [0.25, 0.3) is 0 Å². The predicted molar refractivity (Wildman–Crippen MR) is 113 cm³/mol. The first kappa shape index (κ1) is 23.0. The molecule has 0 heterocycles. The van der Waals surface area contributed by atoms with Gasteiger partial charge in [-0.1, -0.05) is 0 Å². The number of anilines is 2. The highest BCUT2D eigenvalue weighted by Crippen LogP contribution is 2.35. The molecule has 0 aliphatic carbocycles. The Kier molecular flexibility index (Phi) is 7.28. The number of esters is 1. The Labute approximate surface area is 175 Å². The molecule has 0 saturated carbocycles. The Hall–Kier alpha value is -3.27. The molecule has 2 rings (SSSR count). The van der Waals surface area contributed by atoms with E-state index in [0.717, 1.165) is 10.6 Å². The van der Waals surface area contributed by atoms with Crippen LogP contribution in [0, 0.1) is 0 Å². The molecule has 1 atom stereocenters. The first-order valence-electron chi connectivity index (χ1n) is 8.83. The maximum atomic E-state index is 12.8. The predicted octanol–water partition coefficient (Wildman–Crippen LogP) is 2.28. The highest BCUT2D eigenvalue weighted by molar-refractivity contribution is 7.92. The summed E-state index contributed by atoms with van der Waals surface area (Å²) < 4.78 is 41.2. The van der Waals surface area contributed by atoms with E-state index in [-0.39, 0.29) is 11.4 Å². The molecule has 2 aromatic carbocycles. The topological polar surface area (TPSA) is 111 Å². The van der Waals surface area contributed by atoms with E-state index in [1.807, 2.05) is 0 Å². The number of hydrogen-bond donors (Lipinski definition) is 1. The second-order valence-electron chi connectivity index (χ2n) is 6.33. The summed E-state index contributed by atoms with van der Waals surface area (Å²) in [6, 6.07) is 9.58. The number of nitrogens with one attached hydrogen (secondary N) is 1. The third-order valence-electron chi connectivity index (χ3n) is 4.29. The molecule has 0 radical (unpaired) electrons. The lowest BCUT2D eigenvalue weighted by Crippen LogP contribution is -2.45. The highest BCUT2D eigenvalue weighted by Gasteiger charge is 2.31. The number of hydrogen-bond acceptors (Lipinski definition) is 7. The molecule has 0 aromatic heterocycles. The summed E-state index contributed by atoms with van der Waals surface area (Å²) in [4.78, 5) is 24.3. The minimum absolute atomic E-state index is 0.169. The Morgan fingerprint density at radius 3 is 2.13 bits per heavy atom. The fourth-order valence-corrected chi connectivity index (χ4v) is 3.97. The van der Waals surface area contributed by atoms with E-state index in [0.29, 0.717) is 17.0 Å². The first-order chi connectivity index (χ1) is 14.1. The molecule has 2 aromatic rings. The van der Waals surface area contributed by atoms with Crippen molar-refractivity contribution in [2.24, 2.45) is 0 Å². The average molecular weight is 436 g/mol. The van der Waals surface area contributed by atoms with Crippen molar-refractivity contribution in [3.8, 4) is 11.5 Å². The molecule has 1 amide bonds. The molecule has 0 fully saturated rings. The molecule has 10 heteroatoms. The van der Waals surface area contributed by atoms with Crippen molar-refractivity contribution in [1.82, 2.24) is 0 Å². The van der Waals surface area contributed by atoms with Crippen LogP contribution in [0.25, 0.3) is 0 Å². The first-order valence-corrected chi connectivity index (χ1v) is 10.7. The van der Waals surface area contributed by atoms with E-state index in [1.165, 1.54) is 58.6 Å². The summed E-state index contributed by atoms with van der Waals surface area (Å²) >= 11 is 0. The van der Waals surface area contributed by atoms with E-state index in [4.69, 9.17) is 9.47 Å². The number of sulfonamides is 1. The van der Waals surface area contributed by atoms with Gasteiger partial charge in [-0.15, -0.1) is 0 Å². The number of nitrogens with zero attached hydrogens (tertiary/aromatic N) is 1. The lowest BCUT2D eigenvalue weighted by Gasteiger charge is -2.29. The van der Waals surface area contributed by atoms with Gasteiger partial charge >= 0.3 is 5.97 Å². The van der Waals surface area contributed by atoms with Gasteiger partial charge in [-0.3, -0.25) is 9.10 Å². The summed E-state index contributed by atoms with van der Waals surface area (Å²) in [6.07, 6.45) is 1.00. The van der Waals surface area contributed by atoms with Crippen LogP contribution in [-0.2, 0) is 19.6 Å². The molecule has 0 aliphatic heterocycles. The zero-order valence-electron chi connectivity index (χ0n) is 17.3. The van der Waals surface area contributed by atoms with Gasteiger partial charge in [-0.25, -0.2) is 13.2 Å². The van der Waals surface area contributed by atoms with Gasteiger partial charge in [0.15, 0.2) is 0 Å². The van der Waals surface area contributed by atoms with Gasteiger partial charge in [-0.05, 0) is 43.3 Å². The second kappa shape index (κ2) is 9.49. The van der Waals surface area contributed by atoms with Crippen molar-refractivity contribution < 1.29 is 32.2 Å². The summed E-state index contributed by atoms with van der Waals surface area (Å²) in [6.45, 7) is 1.46. The van der Waals surface area contributed by atoms with Crippen molar-refractivity contribution in [3.63, 3.8) is 0 Å². The summed E-state index contributed by atoms with van der Waals surface area (Å²) in [5.41, 5.74) is 0.885. The number of ether oxygens (including phenoxy) is 3. The zero-order chi connectivity index (χ0) is 22.5. The molecule has 0 spiro atoms. The van der Waals surface area contributed by atoms with Crippen LogP contribution in [0.2, 0.25) is 0 Å². The van der Waals surface area contributed by atoms with E-state index < -0.39 is 27.9 Å². The molecule has 30 heavy (non-hydrogen) atoms. The van der Waals surface area contributed by atoms with Crippen molar-refractivity contribution in [3.05, 3.63) is 48.0 Å². The smallest absolute Gasteiger partial charge is 0.337 e.